The van der Waals surface area contributed by atoms with Crippen molar-refractivity contribution in [3.63, 3.8) is 0 Å². The van der Waals surface area contributed by atoms with Gasteiger partial charge in [-0.3, -0.25) is 9.69 Å². The molecular formula is C18H25Cl2N3O5S2. The molecule has 168 valence electrons. The Hall–Kier alpha value is -0.910. The van der Waals surface area contributed by atoms with Gasteiger partial charge in [-0.15, -0.1) is 0 Å². The van der Waals surface area contributed by atoms with Crippen LogP contribution in [0.15, 0.2) is 23.1 Å². The fraction of sp³-hybridized carbons (Fsp3) is 0.611. The van der Waals surface area contributed by atoms with E-state index in [4.69, 9.17) is 23.2 Å². The van der Waals surface area contributed by atoms with Gasteiger partial charge in [0.25, 0.3) is 0 Å². The highest BCUT2D eigenvalue weighted by atomic mass is 35.5. The van der Waals surface area contributed by atoms with Crippen LogP contribution < -0.4 is 0 Å². The molecule has 30 heavy (non-hydrogen) atoms. The van der Waals surface area contributed by atoms with E-state index in [0.717, 1.165) is 0 Å². The Kier molecular flexibility index (Phi) is 7.06. The average Bonchev–Trinajstić information content (AvgIpc) is 3.08. The molecule has 0 saturated carbocycles. The molecule has 0 radical (unpaired) electrons. The Labute approximate surface area is 187 Å². The topological polar surface area (TPSA) is 95.1 Å². The van der Waals surface area contributed by atoms with E-state index in [1.54, 1.807) is 14.0 Å². The maximum absolute atomic E-state index is 12.9. The number of nitrogens with zero attached hydrogens (tertiary/aromatic N) is 3. The van der Waals surface area contributed by atoms with Crippen molar-refractivity contribution in [1.82, 2.24) is 14.1 Å². The molecule has 1 amide bonds. The van der Waals surface area contributed by atoms with Gasteiger partial charge in [0.05, 0.1) is 32.5 Å². The first-order chi connectivity index (χ1) is 13.9. The summed E-state index contributed by atoms with van der Waals surface area (Å²) in [6.45, 7) is 3.03. The van der Waals surface area contributed by atoms with Gasteiger partial charge < -0.3 is 4.90 Å². The third kappa shape index (κ3) is 4.94. The summed E-state index contributed by atoms with van der Waals surface area (Å²) in [4.78, 5) is 16.4. The summed E-state index contributed by atoms with van der Waals surface area (Å²) < 4.78 is 50.5. The van der Waals surface area contributed by atoms with Crippen molar-refractivity contribution < 1.29 is 21.6 Å². The fourth-order valence-corrected chi connectivity index (χ4v) is 7.42. The molecule has 2 unspecified atom stereocenters. The van der Waals surface area contributed by atoms with Crippen LogP contribution in [0.3, 0.4) is 0 Å². The van der Waals surface area contributed by atoms with E-state index in [1.807, 2.05) is 4.90 Å². The van der Waals surface area contributed by atoms with Crippen LogP contribution in [0.5, 0.6) is 0 Å². The zero-order valence-corrected chi connectivity index (χ0v) is 19.9. The van der Waals surface area contributed by atoms with Crippen LogP contribution in [0.25, 0.3) is 0 Å². The van der Waals surface area contributed by atoms with Gasteiger partial charge in [-0.1, -0.05) is 23.2 Å². The minimum atomic E-state index is -3.71. The zero-order valence-electron chi connectivity index (χ0n) is 16.8. The van der Waals surface area contributed by atoms with E-state index >= 15 is 0 Å². The molecule has 0 N–H and O–H groups in total. The summed E-state index contributed by atoms with van der Waals surface area (Å²) in [5.41, 5.74) is 0. The Morgan fingerprint density at radius 2 is 1.80 bits per heavy atom. The van der Waals surface area contributed by atoms with Crippen LogP contribution in [-0.4, -0.2) is 93.7 Å². The molecule has 8 nitrogen and oxygen atoms in total. The number of sulfone groups is 1. The smallest absolute Gasteiger partial charge is 0.243 e. The van der Waals surface area contributed by atoms with Crippen molar-refractivity contribution in [2.24, 2.45) is 0 Å². The molecule has 1 aromatic rings. The van der Waals surface area contributed by atoms with E-state index in [0.29, 0.717) is 19.5 Å². The zero-order chi connectivity index (χ0) is 22.3. The summed E-state index contributed by atoms with van der Waals surface area (Å²) in [7, 11) is -5.16. The van der Waals surface area contributed by atoms with Crippen molar-refractivity contribution >= 4 is 49.0 Å². The maximum atomic E-state index is 12.9. The first kappa shape index (κ1) is 23.7. The van der Waals surface area contributed by atoms with E-state index < -0.39 is 25.9 Å². The number of likely N-dealkylation sites (N-methyl/N-ethyl adjacent to an activating group) is 1. The molecule has 2 fully saturated rings. The lowest BCUT2D eigenvalue weighted by molar-refractivity contribution is -0.137. The molecule has 0 aromatic heterocycles. The third-order valence-corrected chi connectivity index (χ3v) is 10.2. The Balaban J connectivity index is 1.61. The number of halogens is 2. The Bertz CT molecular complexity index is 1020. The molecule has 2 aliphatic heterocycles. The van der Waals surface area contributed by atoms with Gasteiger partial charge in [-0.2, -0.15) is 4.31 Å². The molecule has 2 aliphatic rings. The lowest BCUT2D eigenvalue weighted by Gasteiger charge is -2.38. The molecule has 2 heterocycles. The van der Waals surface area contributed by atoms with Gasteiger partial charge in [-0.05, 0) is 31.5 Å². The van der Waals surface area contributed by atoms with E-state index in [-0.39, 0.29) is 51.5 Å². The van der Waals surface area contributed by atoms with E-state index in [9.17, 15) is 21.6 Å². The van der Waals surface area contributed by atoms with Crippen molar-refractivity contribution in [1.29, 1.82) is 0 Å². The van der Waals surface area contributed by atoms with Crippen LogP contribution in [0, 0.1) is 0 Å². The van der Waals surface area contributed by atoms with Gasteiger partial charge in [0.1, 0.15) is 0 Å². The number of benzene rings is 1. The summed E-state index contributed by atoms with van der Waals surface area (Å²) in [6, 6.07) is 3.44. The maximum Gasteiger partial charge on any atom is 0.243 e. The van der Waals surface area contributed by atoms with Gasteiger partial charge in [-0.25, -0.2) is 16.8 Å². The van der Waals surface area contributed by atoms with Crippen LogP contribution in [-0.2, 0) is 24.7 Å². The lowest BCUT2D eigenvalue weighted by Crippen LogP contribution is -2.56. The van der Waals surface area contributed by atoms with Crippen LogP contribution in [0.1, 0.15) is 13.3 Å². The predicted octanol–water partition coefficient (Wildman–Crippen LogP) is 1.33. The van der Waals surface area contributed by atoms with Gasteiger partial charge in [0, 0.05) is 39.3 Å². The highest BCUT2D eigenvalue weighted by Crippen LogP contribution is 2.27. The van der Waals surface area contributed by atoms with Crippen molar-refractivity contribution in [2.75, 3.05) is 44.7 Å². The molecule has 12 heteroatoms. The second-order valence-electron chi connectivity index (χ2n) is 7.70. The summed E-state index contributed by atoms with van der Waals surface area (Å²) in [6.07, 6.45) is 0.451. The number of sulfonamides is 1. The Morgan fingerprint density at radius 1 is 1.17 bits per heavy atom. The van der Waals surface area contributed by atoms with Gasteiger partial charge >= 0.3 is 0 Å². The number of amides is 1. The van der Waals surface area contributed by atoms with Gasteiger partial charge in [0.2, 0.25) is 15.9 Å². The second kappa shape index (κ2) is 8.91. The summed E-state index contributed by atoms with van der Waals surface area (Å²) in [5, 5.41) is 0.458. The molecule has 3 rings (SSSR count). The standard InChI is InChI=1S/C18H25Cl2N3O5S2/c1-13(18(24)21(2)14-5-10-29(25,26)12-14)22-6-8-23(9-7-22)30(27,28)15-3-4-16(19)17(20)11-15/h3-4,11,13-14H,5-10,12H2,1-2H3. The highest BCUT2D eigenvalue weighted by Gasteiger charge is 2.37. The number of hydrogen-bond donors (Lipinski definition) is 0. The van der Waals surface area contributed by atoms with E-state index in [1.165, 1.54) is 27.4 Å². The normalized spacial score (nSPS) is 23.9. The minimum absolute atomic E-state index is 0.00235. The fourth-order valence-electron chi connectivity index (χ4n) is 3.83. The molecule has 1 aromatic carbocycles. The van der Waals surface area contributed by atoms with Crippen LogP contribution in [0.4, 0.5) is 0 Å². The minimum Gasteiger partial charge on any atom is -0.340 e. The third-order valence-electron chi connectivity index (χ3n) is 5.81. The molecular weight excluding hydrogens is 473 g/mol. The van der Waals surface area contributed by atoms with E-state index in [2.05, 4.69) is 0 Å². The first-order valence-electron chi connectivity index (χ1n) is 9.59. The largest absolute Gasteiger partial charge is 0.340 e. The molecule has 0 spiro atoms. The molecule has 2 saturated heterocycles. The number of hydrogen-bond acceptors (Lipinski definition) is 6. The summed E-state index contributed by atoms with van der Waals surface area (Å²) in [5.74, 6) is -0.0510. The molecule has 0 bridgehead atoms. The quantitative estimate of drug-likeness (QED) is 0.608. The average molecular weight is 498 g/mol. The summed E-state index contributed by atoms with van der Waals surface area (Å²) >= 11 is 11.8. The monoisotopic (exact) mass is 497 g/mol. The first-order valence-corrected chi connectivity index (χ1v) is 13.6. The molecule has 2 atom stereocenters. The predicted molar refractivity (Wildman–Crippen MR) is 116 cm³/mol. The Morgan fingerprint density at radius 3 is 2.33 bits per heavy atom. The van der Waals surface area contributed by atoms with Crippen molar-refractivity contribution in [3.8, 4) is 0 Å². The van der Waals surface area contributed by atoms with Crippen molar-refractivity contribution in [3.05, 3.63) is 28.2 Å². The molecule has 0 aliphatic carbocycles. The highest BCUT2D eigenvalue weighted by molar-refractivity contribution is 7.91. The second-order valence-corrected chi connectivity index (χ2v) is 12.7. The van der Waals surface area contributed by atoms with Crippen LogP contribution >= 0.6 is 23.2 Å². The lowest BCUT2D eigenvalue weighted by atomic mass is 10.1. The SMILES string of the molecule is CC(C(=O)N(C)C1CCS(=O)(=O)C1)N1CCN(S(=O)(=O)c2ccc(Cl)c(Cl)c2)CC1. The number of rotatable bonds is 5. The number of carbonyl (C=O) groups is 1. The van der Waals surface area contributed by atoms with Crippen LogP contribution in [0.2, 0.25) is 10.0 Å². The van der Waals surface area contributed by atoms with Gasteiger partial charge in [0.15, 0.2) is 9.84 Å². The number of piperazine rings is 1. The van der Waals surface area contributed by atoms with Crippen molar-refractivity contribution in [2.45, 2.75) is 30.3 Å². The number of carbonyl (C=O) groups excluding carboxylic acids is 1.